The van der Waals surface area contributed by atoms with Gasteiger partial charge < -0.3 is 9.47 Å². The Labute approximate surface area is 142 Å². The topological polar surface area (TPSA) is 35.5 Å². The summed E-state index contributed by atoms with van der Waals surface area (Å²) in [6.45, 7) is 1.64. The number of ketones is 1. The fraction of sp³-hybridized carbons (Fsp3) is 0.316. The third-order valence-electron chi connectivity index (χ3n) is 3.58. The Hall–Kier alpha value is -1.94. The lowest BCUT2D eigenvalue weighted by Crippen LogP contribution is -2.01. The van der Waals surface area contributed by atoms with Crippen molar-refractivity contribution in [2.24, 2.45) is 0 Å². The Morgan fingerprint density at radius 1 is 0.913 bits per heavy atom. The number of carbonyl (C=O) groups excluding carboxylic acids is 1. The predicted octanol–water partition coefficient (Wildman–Crippen LogP) is 4.51. The maximum absolute atomic E-state index is 11.2. The van der Waals surface area contributed by atoms with Crippen LogP contribution in [0.3, 0.4) is 0 Å². The molecule has 0 saturated carbocycles. The molecule has 0 fully saturated rings. The van der Waals surface area contributed by atoms with Crippen LogP contribution >= 0.6 is 11.8 Å². The van der Waals surface area contributed by atoms with Crippen LogP contribution in [0.4, 0.5) is 0 Å². The largest absolute Gasteiger partial charge is 0.497 e. The van der Waals surface area contributed by atoms with Gasteiger partial charge in [-0.15, -0.1) is 11.8 Å². The van der Waals surface area contributed by atoms with E-state index < -0.39 is 0 Å². The van der Waals surface area contributed by atoms with Crippen LogP contribution in [0, 0.1) is 0 Å². The van der Waals surface area contributed by atoms with Crippen LogP contribution < -0.4 is 9.47 Å². The SMILES string of the molecule is COc1ccc(C(SCCC(C)=O)c2ccc(OC)cc2)cc1. The molecule has 0 atom stereocenters. The number of methoxy groups -OCH3 is 2. The fourth-order valence-corrected chi connectivity index (χ4v) is 3.60. The molecule has 2 rings (SSSR count). The van der Waals surface area contributed by atoms with Crippen LogP contribution in [-0.4, -0.2) is 25.8 Å². The molecule has 2 aromatic carbocycles. The van der Waals surface area contributed by atoms with E-state index in [2.05, 4.69) is 24.3 Å². The van der Waals surface area contributed by atoms with Gasteiger partial charge in [-0.25, -0.2) is 0 Å². The summed E-state index contributed by atoms with van der Waals surface area (Å²) < 4.78 is 10.5. The molecule has 0 spiro atoms. The normalized spacial score (nSPS) is 10.6. The van der Waals surface area contributed by atoms with Gasteiger partial charge in [-0.05, 0) is 42.3 Å². The van der Waals surface area contributed by atoms with Gasteiger partial charge in [0.05, 0.1) is 19.5 Å². The van der Waals surface area contributed by atoms with Crippen LogP contribution in [0.5, 0.6) is 11.5 Å². The standard InChI is InChI=1S/C19H22O3S/c1-14(20)12-13-23-19(15-4-8-17(21-2)9-5-15)16-6-10-18(22-3)11-7-16/h4-11,19H,12-13H2,1-3H3. The molecule has 3 nitrogen and oxygen atoms in total. The highest BCUT2D eigenvalue weighted by atomic mass is 32.2. The lowest BCUT2D eigenvalue weighted by Gasteiger charge is -2.18. The first kappa shape index (κ1) is 17.4. The summed E-state index contributed by atoms with van der Waals surface area (Å²) in [5.41, 5.74) is 2.40. The van der Waals surface area contributed by atoms with Gasteiger partial charge >= 0.3 is 0 Å². The number of ether oxygens (including phenoxy) is 2. The average molecular weight is 330 g/mol. The predicted molar refractivity (Wildman–Crippen MR) is 95.6 cm³/mol. The number of benzene rings is 2. The zero-order valence-electron chi connectivity index (χ0n) is 13.7. The lowest BCUT2D eigenvalue weighted by atomic mass is 10.0. The average Bonchev–Trinajstić information content (AvgIpc) is 2.59. The van der Waals surface area contributed by atoms with E-state index in [0.29, 0.717) is 6.42 Å². The first-order chi connectivity index (χ1) is 11.1. The van der Waals surface area contributed by atoms with Crippen molar-refractivity contribution in [1.82, 2.24) is 0 Å². The molecule has 0 aliphatic heterocycles. The van der Waals surface area contributed by atoms with E-state index in [1.165, 1.54) is 11.1 Å². The molecule has 0 aliphatic rings. The molecule has 0 bridgehead atoms. The molecule has 0 saturated heterocycles. The molecule has 2 aromatic rings. The van der Waals surface area contributed by atoms with Crippen LogP contribution in [-0.2, 0) is 4.79 Å². The van der Waals surface area contributed by atoms with Crippen LogP contribution in [0.1, 0.15) is 29.7 Å². The Balaban J connectivity index is 2.23. The Morgan fingerprint density at radius 2 is 1.35 bits per heavy atom. The van der Waals surface area contributed by atoms with Crippen molar-refractivity contribution in [2.45, 2.75) is 18.6 Å². The zero-order chi connectivity index (χ0) is 16.7. The van der Waals surface area contributed by atoms with Gasteiger partial charge in [0.25, 0.3) is 0 Å². The second kappa shape index (κ2) is 8.63. The van der Waals surface area contributed by atoms with E-state index in [-0.39, 0.29) is 11.0 Å². The molecule has 0 N–H and O–H groups in total. The highest BCUT2D eigenvalue weighted by molar-refractivity contribution is 7.99. The molecule has 0 aliphatic carbocycles. The van der Waals surface area contributed by atoms with Gasteiger partial charge in [0.15, 0.2) is 0 Å². The van der Waals surface area contributed by atoms with Gasteiger partial charge in [-0.3, -0.25) is 4.79 Å². The van der Waals surface area contributed by atoms with Crippen molar-refractivity contribution in [1.29, 1.82) is 0 Å². The summed E-state index contributed by atoms with van der Waals surface area (Å²) in [5.74, 6) is 2.71. The van der Waals surface area contributed by atoms with Gasteiger partial charge in [0, 0.05) is 12.2 Å². The maximum Gasteiger partial charge on any atom is 0.130 e. The molecule has 23 heavy (non-hydrogen) atoms. The minimum atomic E-state index is 0.186. The Kier molecular flexibility index (Phi) is 6.53. The number of carbonyl (C=O) groups is 1. The molecule has 0 aromatic heterocycles. The number of thioether (sulfide) groups is 1. The minimum Gasteiger partial charge on any atom is -0.497 e. The minimum absolute atomic E-state index is 0.186. The van der Waals surface area contributed by atoms with Crippen LogP contribution in [0.25, 0.3) is 0 Å². The van der Waals surface area contributed by atoms with Crippen molar-refractivity contribution in [3.63, 3.8) is 0 Å². The van der Waals surface area contributed by atoms with E-state index >= 15 is 0 Å². The number of hydrogen-bond donors (Lipinski definition) is 0. The quantitative estimate of drug-likeness (QED) is 0.713. The highest BCUT2D eigenvalue weighted by Crippen LogP contribution is 2.37. The van der Waals surface area contributed by atoms with Crippen molar-refractivity contribution < 1.29 is 14.3 Å². The summed E-state index contributed by atoms with van der Waals surface area (Å²) in [4.78, 5) is 11.2. The third kappa shape index (κ3) is 5.03. The Bertz CT molecular complexity index is 573. The summed E-state index contributed by atoms with van der Waals surface area (Å²) >= 11 is 1.78. The van der Waals surface area contributed by atoms with Gasteiger partial charge in [0.1, 0.15) is 17.3 Å². The van der Waals surface area contributed by atoms with E-state index in [9.17, 15) is 4.79 Å². The van der Waals surface area contributed by atoms with Crippen molar-refractivity contribution in [3.8, 4) is 11.5 Å². The van der Waals surface area contributed by atoms with E-state index in [0.717, 1.165) is 17.3 Å². The Morgan fingerprint density at radius 3 is 1.70 bits per heavy atom. The molecule has 0 unspecified atom stereocenters. The first-order valence-corrected chi connectivity index (χ1v) is 8.58. The fourth-order valence-electron chi connectivity index (χ4n) is 2.26. The monoisotopic (exact) mass is 330 g/mol. The second-order valence-electron chi connectivity index (χ2n) is 5.25. The molecule has 122 valence electrons. The smallest absolute Gasteiger partial charge is 0.130 e. The zero-order valence-corrected chi connectivity index (χ0v) is 14.6. The summed E-state index contributed by atoms with van der Waals surface area (Å²) in [7, 11) is 3.33. The summed E-state index contributed by atoms with van der Waals surface area (Å²) in [5, 5.41) is 0.186. The second-order valence-corrected chi connectivity index (χ2v) is 6.46. The highest BCUT2D eigenvalue weighted by Gasteiger charge is 2.15. The summed E-state index contributed by atoms with van der Waals surface area (Å²) in [6, 6.07) is 16.2. The lowest BCUT2D eigenvalue weighted by molar-refractivity contribution is -0.116. The van der Waals surface area contributed by atoms with E-state index in [1.807, 2.05) is 24.3 Å². The van der Waals surface area contributed by atoms with E-state index in [4.69, 9.17) is 9.47 Å². The molecule has 0 radical (unpaired) electrons. The number of hydrogen-bond acceptors (Lipinski definition) is 4. The first-order valence-electron chi connectivity index (χ1n) is 7.53. The van der Waals surface area contributed by atoms with Crippen molar-refractivity contribution >= 4 is 17.5 Å². The van der Waals surface area contributed by atoms with Crippen LogP contribution in [0.15, 0.2) is 48.5 Å². The molecule has 0 heterocycles. The number of rotatable bonds is 8. The third-order valence-corrected chi connectivity index (χ3v) is 4.89. The maximum atomic E-state index is 11.2. The van der Waals surface area contributed by atoms with Gasteiger partial charge in [0.2, 0.25) is 0 Å². The van der Waals surface area contributed by atoms with Gasteiger partial charge in [-0.2, -0.15) is 0 Å². The summed E-state index contributed by atoms with van der Waals surface area (Å²) in [6.07, 6.45) is 0.591. The molecule has 4 heteroatoms. The molecular weight excluding hydrogens is 308 g/mol. The van der Waals surface area contributed by atoms with Crippen LogP contribution in [0.2, 0.25) is 0 Å². The van der Waals surface area contributed by atoms with Gasteiger partial charge in [-0.1, -0.05) is 24.3 Å². The molecule has 0 amide bonds. The van der Waals surface area contributed by atoms with E-state index in [1.54, 1.807) is 32.9 Å². The van der Waals surface area contributed by atoms with Crippen molar-refractivity contribution in [2.75, 3.05) is 20.0 Å². The molecular formula is C19H22O3S. The number of Topliss-reactive ketones (excluding diaryl/α,β-unsaturated/α-hetero) is 1. The van der Waals surface area contributed by atoms with Crippen molar-refractivity contribution in [3.05, 3.63) is 59.7 Å².